The third kappa shape index (κ3) is 5.31. The highest BCUT2D eigenvalue weighted by atomic mass is 16.5. The number of furan rings is 1. The van der Waals surface area contributed by atoms with Gasteiger partial charge in [0.1, 0.15) is 5.76 Å². The van der Waals surface area contributed by atoms with E-state index in [1.165, 1.54) is 0 Å². The smallest absolute Gasteiger partial charge is 0.191 e. The van der Waals surface area contributed by atoms with Crippen molar-refractivity contribution in [1.29, 1.82) is 0 Å². The first kappa shape index (κ1) is 19.4. The minimum Gasteiger partial charge on any atom is -0.493 e. The molecule has 1 heterocycles. The molecular weight excluding hydrogens is 330 g/mol. The predicted octanol–water partition coefficient (Wildman–Crippen LogP) is 3.28. The molecule has 0 atom stereocenters. The summed E-state index contributed by atoms with van der Waals surface area (Å²) in [5.74, 6) is 3.02. The predicted molar refractivity (Wildman–Crippen MR) is 104 cm³/mol. The van der Waals surface area contributed by atoms with Gasteiger partial charge in [0.05, 0.1) is 33.6 Å². The second-order valence-electron chi connectivity index (χ2n) is 5.61. The van der Waals surface area contributed by atoms with Gasteiger partial charge in [-0.15, -0.1) is 6.58 Å². The number of rotatable bonds is 9. The van der Waals surface area contributed by atoms with Gasteiger partial charge < -0.3 is 24.5 Å². The number of benzene rings is 1. The summed E-state index contributed by atoms with van der Waals surface area (Å²) in [6, 6.07) is 7.81. The Labute approximate surface area is 154 Å². The molecule has 0 saturated carbocycles. The van der Waals surface area contributed by atoms with Gasteiger partial charge in [-0.3, -0.25) is 0 Å². The van der Waals surface area contributed by atoms with Gasteiger partial charge in [0, 0.05) is 12.1 Å². The molecule has 2 rings (SSSR count). The van der Waals surface area contributed by atoms with Crippen LogP contribution in [-0.2, 0) is 19.5 Å². The van der Waals surface area contributed by atoms with Crippen LogP contribution < -0.4 is 20.1 Å². The lowest BCUT2D eigenvalue weighted by Gasteiger charge is -2.14. The second kappa shape index (κ2) is 10.2. The van der Waals surface area contributed by atoms with Crippen molar-refractivity contribution < 1.29 is 13.9 Å². The van der Waals surface area contributed by atoms with Crippen molar-refractivity contribution in [3.63, 3.8) is 0 Å². The first-order chi connectivity index (χ1) is 12.7. The molecule has 6 nitrogen and oxygen atoms in total. The molecule has 0 radical (unpaired) electrons. The fourth-order valence-electron chi connectivity index (χ4n) is 2.60. The molecular formula is C20H27N3O3. The van der Waals surface area contributed by atoms with Gasteiger partial charge in [-0.2, -0.15) is 0 Å². The Morgan fingerprint density at radius 2 is 2.12 bits per heavy atom. The van der Waals surface area contributed by atoms with E-state index in [1.54, 1.807) is 20.5 Å². The largest absolute Gasteiger partial charge is 0.493 e. The minimum atomic E-state index is 0.512. The average Bonchev–Trinajstić information content (AvgIpc) is 3.17. The molecule has 0 bridgehead atoms. The molecule has 0 spiro atoms. The first-order valence-corrected chi connectivity index (χ1v) is 8.61. The molecule has 0 unspecified atom stereocenters. The summed E-state index contributed by atoms with van der Waals surface area (Å²) < 4.78 is 16.3. The van der Waals surface area contributed by atoms with Gasteiger partial charge in [-0.25, -0.2) is 4.99 Å². The van der Waals surface area contributed by atoms with Gasteiger partial charge in [-0.1, -0.05) is 6.08 Å². The molecule has 6 heteroatoms. The summed E-state index contributed by atoms with van der Waals surface area (Å²) in [6.07, 6.45) is 4.21. The maximum absolute atomic E-state index is 5.48. The Kier molecular flexibility index (Phi) is 7.61. The number of ether oxygens (including phenoxy) is 2. The third-order valence-corrected chi connectivity index (χ3v) is 3.75. The molecule has 0 fully saturated rings. The number of hydrogen-bond acceptors (Lipinski definition) is 4. The van der Waals surface area contributed by atoms with Crippen LogP contribution in [-0.4, -0.2) is 26.7 Å². The standard InChI is InChI=1S/C20H27N3O3/c1-5-8-16-11-15(12-18(24-3)19(16)25-4)13-22-20(21-6-2)23-14-17-9-7-10-26-17/h5,7,9-12H,1,6,8,13-14H2,2-4H3,(H2,21,22,23). The normalized spacial score (nSPS) is 11.1. The molecule has 1 aromatic heterocycles. The van der Waals surface area contributed by atoms with Gasteiger partial charge in [0.15, 0.2) is 17.5 Å². The van der Waals surface area contributed by atoms with Crippen molar-refractivity contribution in [2.45, 2.75) is 26.4 Å². The molecule has 0 amide bonds. The fourth-order valence-corrected chi connectivity index (χ4v) is 2.60. The van der Waals surface area contributed by atoms with Crippen LogP contribution in [0.3, 0.4) is 0 Å². The Hall–Kier alpha value is -2.89. The van der Waals surface area contributed by atoms with E-state index in [1.807, 2.05) is 31.2 Å². The minimum absolute atomic E-state index is 0.512. The van der Waals surface area contributed by atoms with E-state index in [0.717, 1.165) is 35.1 Å². The van der Waals surface area contributed by atoms with Crippen LogP contribution in [0.25, 0.3) is 0 Å². The van der Waals surface area contributed by atoms with Gasteiger partial charge >= 0.3 is 0 Å². The number of allylic oxidation sites excluding steroid dienone is 1. The highest BCUT2D eigenvalue weighted by Crippen LogP contribution is 2.33. The molecule has 2 aromatic rings. The highest BCUT2D eigenvalue weighted by Gasteiger charge is 2.11. The van der Waals surface area contributed by atoms with E-state index in [0.29, 0.717) is 25.3 Å². The van der Waals surface area contributed by atoms with Gasteiger partial charge in [0.25, 0.3) is 0 Å². The lowest BCUT2D eigenvalue weighted by molar-refractivity contribution is 0.352. The van der Waals surface area contributed by atoms with E-state index < -0.39 is 0 Å². The Morgan fingerprint density at radius 1 is 1.27 bits per heavy atom. The molecule has 0 aliphatic carbocycles. The summed E-state index contributed by atoms with van der Waals surface area (Å²) in [5.41, 5.74) is 2.07. The third-order valence-electron chi connectivity index (χ3n) is 3.75. The number of hydrogen-bond donors (Lipinski definition) is 2. The zero-order valence-electron chi connectivity index (χ0n) is 15.7. The maximum atomic E-state index is 5.48. The van der Waals surface area contributed by atoms with E-state index in [9.17, 15) is 0 Å². The summed E-state index contributed by atoms with van der Waals surface area (Å²) in [4.78, 5) is 4.65. The Balaban J connectivity index is 2.16. The monoisotopic (exact) mass is 357 g/mol. The number of aliphatic imine (C=N–C) groups is 1. The maximum Gasteiger partial charge on any atom is 0.191 e. The topological polar surface area (TPSA) is 68.0 Å². The number of guanidine groups is 1. The lowest BCUT2D eigenvalue weighted by atomic mass is 10.1. The zero-order valence-corrected chi connectivity index (χ0v) is 15.7. The average molecular weight is 357 g/mol. The quantitative estimate of drug-likeness (QED) is 0.409. The van der Waals surface area contributed by atoms with E-state index in [2.05, 4.69) is 28.3 Å². The van der Waals surface area contributed by atoms with Crippen molar-refractivity contribution in [3.8, 4) is 11.5 Å². The summed E-state index contributed by atoms with van der Waals surface area (Å²) in [7, 11) is 3.28. The van der Waals surface area contributed by atoms with E-state index >= 15 is 0 Å². The highest BCUT2D eigenvalue weighted by molar-refractivity contribution is 5.79. The summed E-state index contributed by atoms with van der Waals surface area (Å²) >= 11 is 0. The summed E-state index contributed by atoms with van der Waals surface area (Å²) in [6.45, 7) is 7.70. The lowest BCUT2D eigenvalue weighted by Crippen LogP contribution is -2.36. The van der Waals surface area contributed by atoms with Crippen LogP contribution in [0.1, 0.15) is 23.8 Å². The van der Waals surface area contributed by atoms with Gasteiger partial charge in [-0.05, 0) is 43.2 Å². The van der Waals surface area contributed by atoms with Crippen molar-refractivity contribution >= 4 is 5.96 Å². The fraction of sp³-hybridized carbons (Fsp3) is 0.350. The molecule has 0 aliphatic heterocycles. The number of nitrogens with zero attached hydrogens (tertiary/aromatic N) is 1. The Morgan fingerprint density at radius 3 is 2.73 bits per heavy atom. The van der Waals surface area contributed by atoms with Crippen LogP contribution in [0.4, 0.5) is 0 Å². The van der Waals surface area contributed by atoms with Crippen LogP contribution in [0.15, 0.2) is 52.6 Å². The van der Waals surface area contributed by atoms with Gasteiger partial charge in [0.2, 0.25) is 0 Å². The van der Waals surface area contributed by atoms with Crippen LogP contribution in [0, 0.1) is 0 Å². The second-order valence-corrected chi connectivity index (χ2v) is 5.61. The first-order valence-electron chi connectivity index (χ1n) is 8.61. The van der Waals surface area contributed by atoms with Crippen LogP contribution in [0.5, 0.6) is 11.5 Å². The van der Waals surface area contributed by atoms with Crippen molar-refractivity contribution in [1.82, 2.24) is 10.6 Å². The van der Waals surface area contributed by atoms with Crippen molar-refractivity contribution in [2.75, 3.05) is 20.8 Å². The molecule has 1 aromatic carbocycles. The van der Waals surface area contributed by atoms with E-state index in [4.69, 9.17) is 13.9 Å². The molecule has 0 aliphatic rings. The zero-order chi connectivity index (χ0) is 18.8. The summed E-state index contributed by atoms with van der Waals surface area (Å²) in [5, 5.41) is 6.49. The van der Waals surface area contributed by atoms with E-state index in [-0.39, 0.29) is 0 Å². The Bertz CT molecular complexity index is 724. The number of methoxy groups -OCH3 is 2. The molecule has 0 saturated heterocycles. The molecule has 140 valence electrons. The molecule has 26 heavy (non-hydrogen) atoms. The van der Waals surface area contributed by atoms with Crippen molar-refractivity contribution in [2.24, 2.45) is 4.99 Å². The van der Waals surface area contributed by atoms with Crippen molar-refractivity contribution in [3.05, 3.63) is 60.1 Å². The van der Waals surface area contributed by atoms with Crippen LogP contribution in [0.2, 0.25) is 0 Å². The SMILES string of the molecule is C=CCc1cc(CN=C(NCC)NCc2ccco2)cc(OC)c1OC. The number of nitrogens with one attached hydrogen (secondary N) is 2. The molecule has 2 N–H and O–H groups in total. The van der Waals surface area contributed by atoms with Crippen LogP contribution >= 0.6 is 0 Å².